The molecule has 0 spiro atoms. The Morgan fingerprint density at radius 3 is 2.35 bits per heavy atom. The van der Waals surface area contributed by atoms with Gasteiger partial charge in [0.1, 0.15) is 5.57 Å². The van der Waals surface area contributed by atoms with Gasteiger partial charge in [-0.2, -0.15) is 0 Å². The van der Waals surface area contributed by atoms with E-state index in [9.17, 15) is 4.79 Å². The van der Waals surface area contributed by atoms with Gasteiger partial charge in [0.15, 0.2) is 5.88 Å². The highest BCUT2D eigenvalue weighted by atomic mass is 16.3. The van der Waals surface area contributed by atoms with Crippen molar-refractivity contribution >= 4 is 5.91 Å². The van der Waals surface area contributed by atoms with Gasteiger partial charge in [-0.05, 0) is 11.6 Å². The third kappa shape index (κ3) is 2.94. The van der Waals surface area contributed by atoms with Gasteiger partial charge in [-0.1, -0.05) is 0 Å². The Bertz CT molecular complexity index is 470. The molecule has 1 aromatic rings. The minimum Gasteiger partial charge on any atom is -0.494 e. The maximum absolute atomic E-state index is 11.0. The summed E-state index contributed by atoms with van der Waals surface area (Å²) in [6.45, 7) is 0. The Morgan fingerprint density at radius 2 is 1.94 bits per heavy atom. The van der Waals surface area contributed by atoms with Crippen molar-refractivity contribution in [2.45, 2.75) is 6.42 Å². The fraction of sp³-hybridized carbons (Fsp3) is 0.100. The number of hydrogen-bond donors (Lipinski definition) is 5. The van der Waals surface area contributed by atoms with Crippen LogP contribution in [0.15, 0.2) is 45.9 Å². The number of carbonyl (C=O) groups excluding carboxylic acids is 1. The van der Waals surface area contributed by atoms with Crippen LogP contribution in [0.2, 0.25) is 0 Å². The zero-order chi connectivity index (χ0) is 13.0. The summed E-state index contributed by atoms with van der Waals surface area (Å²) in [5.41, 5.74) is 21.8. The number of hydrogen-bond acceptors (Lipinski definition) is 6. The number of aliphatic hydroxyl groups excluding tert-OH is 1. The van der Waals surface area contributed by atoms with Gasteiger partial charge in [0.25, 0.3) is 5.91 Å². The smallest absolute Gasteiger partial charge is 0.256 e. The van der Waals surface area contributed by atoms with E-state index in [2.05, 4.69) is 0 Å². The van der Waals surface area contributed by atoms with Gasteiger partial charge in [-0.15, -0.1) is 0 Å². The van der Waals surface area contributed by atoms with E-state index in [0.717, 1.165) is 5.56 Å². The third-order valence-electron chi connectivity index (χ3n) is 2.09. The van der Waals surface area contributed by atoms with Crippen LogP contribution < -0.4 is 22.9 Å². The molecule has 0 saturated heterocycles. The van der Waals surface area contributed by atoms with Crippen molar-refractivity contribution in [3.05, 3.63) is 47.0 Å². The van der Waals surface area contributed by atoms with Gasteiger partial charge >= 0.3 is 0 Å². The largest absolute Gasteiger partial charge is 0.494 e. The summed E-state index contributed by atoms with van der Waals surface area (Å²) in [5.74, 6) is -1.71. The van der Waals surface area contributed by atoms with Crippen LogP contribution in [0.1, 0.15) is 5.56 Å². The van der Waals surface area contributed by atoms with Crippen LogP contribution in [-0.2, 0) is 11.2 Å². The molecule has 0 saturated carbocycles. The monoisotopic (exact) mass is 238 g/mol. The van der Waals surface area contributed by atoms with Crippen molar-refractivity contribution in [2.24, 2.45) is 22.9 Å². The van der Waals surface area contributed by atoms with Gasteiger partial charge in [-0.3, -0.25) is 4.79 Å². The summed E-state index contributed by atoms with van der Waals surface area (Å²) in [6.07, 6.45) is 3.21. The quantitative estimate of drug-likeness (QED) is 0.262. The Hall–Kier alpha value is -2.57. The molecule has 0 aliphatic heterocycles. The summed E-state index contributed by atoms with van der Waals surface area (Å²) in [4.78, 5) is 11.0. The third-order valence-corrected chi connectivity index (χ3v) is 2.09. The summed E-state index contributed by atoms with van der Waals surface area (Å²) in [7, 11) is 0. The molecule has 1 amide bonds. The Labute approximate surface area is 97.4 Å². The van der Waals surface area contributed by atoms with E-state index in [0.29, 0.717) is 0 Å². The SMILES string of the molecule is NC(=O)C(=C(/N)O)/C(N)=C(\N)Cc1ccoc1. The molecular formula is C10H14N4O3. The molecule has 17 heavy (non-hydrogen) atoms. The summed E-state index contributed by atoms with van der Waals surface area (Å²) < 4.78 is 4.85. The van der Waals surface area contributed by atoms with Crippen molar-refractivity contribution in [3.63, 3.8) is 0 Å². The molecule has 1 heterocycles. The minimum atomic E-state index is -0.947. The molecule has 92 valence electrons. The number of nitrogens with two attached hydrogens (primary N) is 4. The predicted octanol–water partition coefficient (Wildman–Crippen LogP) is -0.835. The zero-order valence-electron chi connectivity index (χ0n) is 9.01. The molecule has 0 atom stereocenters. The van der Waals surface area contributed by atoms with E-state index >= 15 is 0 Å². The number of allylic oxidation sites excluding steroid dienone is 1. The molecule has 0 aliphatic carbocycles. The second-order valence-corrected chi connectivity index (χ2v) is 3.37. The van der Waals surface area contributed by atoms with Gasteiger partial charge < -0.3 is 32.5 Å². The van der Waals surface area contributed by atoms with Crippen LogP contribution >= 0.6 is 0 Å². The second-order valence-electron chi connectivity index (χ2n) is 3.37. The molecule has 0 radical (unpaired) electrons. The van der Waals surface area contributed by atoms with E-state index in [4.69, 9.17) is 32.5 Å². The van der Waals surface area contributed by atoms with Crippen molar-refractivity contribution in [3.8, 4) is 0 Å². The van der Waals surface area contributed by atoms with Crippen molar-refractivity contribution < 1.29 is 14.3 Å². The summed E-state index contributed by atoms with van der Waals surface area (Å²) >= 11 is 0. The standard InChI is InChI=1S/C10H14N4O3/c11-6(3-5-1-2-17-4-5)8(12)7(9(13)15)10(14)16/h1-2,4,15H,3,11-13H2,(H2,14,16)/b8-6+,9-7-. The van der Waals surface area contributed by atoms with Crippen LogP contribution in [0, 0.1) is 0 Å². The number of rotatable bonds is 4. The zero-order valence-corrected chi connectivity index (χ0v) is 9.01. The lowest BCUT2D eigenvalue weighted by Gasteiger charge is -2.08. The minimum absolute atomic E-state index is 0.140. The fourth-order valence-electron chi connectivity index (χ4n) is 1.27. The normalized spacial score (nSPS) is 13.9. The van der Waals surface area contributed by atoms with Crippen LogP contribution in [-0.4, -0.2) is 11.0 Å². The van der Waals surface area contributed by atoms with E-state index in [1.54, 1.807) is 6.07 Å². The van der Waals surface area contributed by atoms with Gasteiger partial charge in [-0.25, -0.2) is 0 Å². The molecule has 0 unspecified atom stereocenters. The Kier molecular flexibility index (Phi) is 3.66. The molecular weight excluding hydrogens is 224 g/mol. The average Bonchev–Trinajstić information content (AvgIpc) is 2.68. The topological polar surface area (TPSA) is 155 Å². The van der Waals surface area contributed by atoms with Crippen LogP contribution in [0.5, 0.6) is 0 Å². The first-order valence-electron chi connectivity index (χ1n) is 4.67. The molecule has 0 aliphatic rings. The van der Waals surface area contributed by atoms with E-state index in [1.807, 2.05) is 0 Å². The van der Waals surface area contributed by atoms with E-state index in [-0.39, 0.29) is 23.4 Å². The summed E-state index contributed by atoms with van der Waals surface area (Å²) in [6, 6.07) is 1.69. The lowest BCUT2D eigenvalue weighted by Crippen LogP contribution is -2.26. The first kappa shape index (κ1) is 12.5. The van der Waals surface area contributed by atoms with Gasteiger partial charge in [0.05, 0.1) is 18.2 Å². The van der Waals surface area contributed by atoms with Crippen molar-refractivity contribution in [1.82, 2.24) is 0 Å². The number of carbonyl (C=O) groups is 1. The van der Waals surface area contributed by atoms with Crippen LogP contribution in [0.25, 0.3) is 0 Å². The first-order valence-corrected chi connectivity index (χ1v) is 4.67. The molecule has 9 N–H and O–H groups in total. The van der Waals surface area contributed by atoms with Crippen molar-refractivity contribution in [2.75, 3.05) is 0 Å². The Morgan fingerprint density at radius 1 is 1.29 bits per heavy atom. The number of amides is 1. The van der Waals surface area contributed by atoms with Crippen LogP contribution in [0.4, 0.5) is 0 Å². The molecule has 7 nitrogen and oxygen atoms in total. The molecule has 7 heteroatoms. The number of primary amides is 1. The highest BCUT2D eigenvalue weighted by molar-refractivity contribution is 5.96. The average molecular weight is 238 g/mol. The fourth-order valence-corrected chi connectivity index (χ4v) is 1.27. The highest BCUT2D eigenvalue weighted by Gasteiger charge is 2.16. The van der Waals surface area contributed by atoms with Crippen molar-refractivity contribution in [1.29, 1.82) is 0 Å². The molecule has 0 aromatic carbocycles. The highest BCUT2D eigenvalue weighted by Crippen LogP contribution is 2.12. The first-order chi connectivity index (χ1) is 7.93. The summed E-state index contributed by atoms with van der Waals surface area (Å²) in [5, 5.41) is 9.10. The lowest BCUT2D eigenvalue weighted by atomic mass is 10.1. The predicted molar refractivity (Wildman–Crippen MR) is 60.8 cm³/mol. The van der Waals surface area contributed by atoms with Gasteiger partial charge in [0, 0.05) is 12.1 Å². The number of aliphatic hydroxyl groups is 1. The maximum Gasteiger partial charge on any atom is 0.256 e. The molecule has 1 aromatic heterocycles. The van der Waals surface area contributed by atoms with E-state index < -0.39 is 11.8 Å². The van der Waals surface area contributed by atoms with Gasteiger partial charge in [0.2, 0.25) is 0 Å². The van der Waals surface area contributed by atoms with Crippen LogP contribution in [0.3, 0.4) is 0 Å². The maximum atomic E-state index is 11.0. The molecule has 1 rings (SSSR count). The second kappa shape index (κ2) is 4.97. The molecule has 0 bridgehead atoms. The van der Waals surface area contributed by atoms with E-state index in [1.165, 1.54) is 12.5 Å². The molecule has 0 fully saturated rings. The lowest BCUT2D eigenvalue weighted by molar-refractivity contribution is -0.114. The Balaban J connectivity index is 3.04. The number of furan rings is 1.